The molecule has 17 heavy (non-hydrogen) atoms. The zero-order valence-electron chi connectivity index (χ0n) is 9.71. The molecule has 2 aromatic rings. The molecule has 0 saturated heterocycles. The number of benzene rings is 1. The molecule has 0 bridgehead atoms. The van der Waals surface area contributed by atoms with Crippen LogP contribution in [-0.2, 0) is 5.41 Å². The lowest BCUT2D eigenvalue weighted by Gasteiger charge is -2.39. The standard InChI is InChI=1S/C13H16N4/c14-9-13(7-4-8-13)12-16-15-10-17(12)11-5-2-1-3-6-11/h1-3,5-6,10H,4,7-9,14H2. The Kier molecular flexibility index (Phi) is 2.44. The van der Waals surface area contributed by atoms with Gasteiger partial charge < -0.3 is 5.73 Å². The fourth-order valence-corrected chi connectivity index (χ4v) is 2.50. The van der Waals surface area contributed by atoms with Crippen molar-refractivity contribution in [2.75, 3.05) is 6.54 Å². The van der Waals surface area contributed by atoms with Crippen LogP contribution < -0.4 is 5.73 Å². The number of nitrogens with zero attached hydrogens (tertiary/aromatic N) is 3. The largest absolute Gasteiger partial charge is 0.329 e. The summed E-state index contributed by atoms with van der Waals surface area (Å²) < 4.78 is 2.06. The Morgan fingerprint density at radius 2 is 2.00 bits per heavy atom. The summed E-state index contributed by atoms with van der Waals surface area (Å²) in [6, 6.07) is 10.2. The average molecular weight is 228 g/mol. The first-order chi connectivity index (χ1) is 8.36. The van der Waals surface area contributed by atoms with Gasteiger partial charge in [-0.15, -0.1) is 10.2 Å². The molecule has 2 N–H and O–H groups in total. The molecule has 1 fully saturated rings. The molecule has 0 spiro atoms. The Bertz CT molecular complexity index is 494. The van der Waals surface area contributed by atoms with Gasteiger partial charge in [-0.05, 0) is 25.0 Å². The van der Waals surface area contributed by atoms with Crippen LogP contribution in [-0.4, -0.2) is 21.3 Å². The summed E-state index contributed by atoms with van der Waals surface area (Å²) in [5.74, 6) is 1.01. The van der Waals surface area contributed by atoms with Gasteiger partial charge >= 0.3 is 0 Å². The van der Waals surface area contributed by atoms with Crippen molar-refractivity contribution in [1.82, 2.24) is 14.8 Å². The van der Waals surface area contributed by atoms with E-state index in [0.29, 0.717) is 6.54 Å². The third-order valence-corrected chi connectivity index (χ3v) is 3.76. The van der Waals surface area contributed by atoms with E-state index in [2.05, 4.69) is 26.9 Å². The molecule has 1 aliphatic carbocycles. The van der Waals surface area contributed by atoms with Crippen molar-refractivity contribution in [3.8, 4) is 5.69 Å². The molecule has 1 aromatic heterocycles. The Morgan fingerprint density at radius 3 is 2.59 bits per heavy atom. The van der Waals surface area contributed by atoms with E-state index >= 15 is 0 Å². The topological polar surface area (TPSA) is 56.7 Å². The fraction of sp³-hybridized carbons (Fsp3) is 0.385. The van der Waals surface area contributed by atoms with E-state index in [9.17, 15) is 0 Å². The fourth-order valence-electron chi connectivity index (χ4n) is 2.50. The van der Waals surface area contributed by atoms with Crippen molar-refractivity contribution in [1.29, 1.82) is 0 Å². The maximum atomic E-state index is 5.93. The maximum Gasteiger partial charge on any atom is 0.144 e. The van der Waals surface area contributed by atoms with E-state index in [4.69, 9.17) is 5.73 Å². The number of hydrogen-bond donors (Lipinski definition) is 1. The van der Waals surface area contributed by atoms with Crippen LogP contribution in [0.4, 0.5) is 0 Å². The molecule has 0 atom stereocenters. The predicted octanol–water partition coefficient (Wildman–Crippen LogP) is 1.65. The number of nitrogens with two attached hydrogens (primary N) is 1. The Hall–Kier alpha value is -1.68. The normalized spacial score (nSPS) is 17.7. The van der Waals surface area contributed by atoms with Gasteiger partial charge in [0.15, 0.2) is 0 Å². The zero-order chi connectivity index (χ0) is 11.7. The highest BCUT2D eigenvalue weighted by Crippen LogP contribution is 2.42. The van der Waals surface area contributed by atoms with Crippen molar-refractivity contribution in [3.05, 3.63) is 42.5 Å². The molecular weight excluding hydrogens is 212 g/mol. The van der Waals surface area contributed by atoms with Crippen LogP contribution in [0.3, 0.4) is 0 Å². The molecule has 1 heterocycles. The van der Waals surface area contributed by atoms with Gasteiger partial charge in [-0.3, -0.25) is 4.57 Å². The molecule has 4 nitrogen and oxygen atoms in total. The molecular formula is C13H16N4. The van der Waals surface area contributed by atoms with Gasteiger partial charge in [0.25, 0.3) is 0 Å². The minimum Gasteiger partial charge on any atom is -0.329 e. The summed E-state index contributed by atoms with van der Waals surface area (Å²) in [6.45, 7) is 0.651. The molecule has 0 amide bonds. The van der Waals surface area contributed by atoms with Crippen LogP contribution in [0, 0.1) is 0 Å². The smallest absolute Gasteiger partial charge is 0.144 e. The van der Waals surface area contributed by atoms with Gasteiger partial charge in [0, 0.05) is 17.6 Å². The van der Waals surface area contributed by atoms with Crippen molar-refractivity contribution in [2.45, 2.75) is 24.7 Å². The van der Waals surface area contributed by atoms with E-state index in [0.717, 1.165) is 24.4 Å². The molecule has 0 unspecified atom stereocenters. The number of para-hydroxylation sites is 1. The first-order valence-corrected chi connectivity index (χ1v) is 6.02. The second-order valence-corrected chi connectivity index (χ2v) is 4.70. The quantitative estimate of drug-likeness (QED) is 0.869. The lowest BCUT2D eigenvalue weighted by molar-refractivity contribution is 0.234. The Morgan fingerprint density at radius 1 is 1.24 bits per heavy atom. The van der Waals surface area contributed by atoms with Gasteiger partial charge in [-0.25, -0.2) is 0 Å². The summed E-state index contributed by atoms with van der Waals surface area (Å²) in [4.78, 5) is 0. The third kappa shape index (κ3) is 1.56. The highest BCUT2D eigenvalue weighted by molar-refractivity contribution is 5.34. The first kappa shape index (κ1) is 10.5. The minimum absolute atomic E-state index is 0.0480. The summed E-state index contributed by atoms with van der Waals surface area (Å²) in [5, 5.41) is 8.34. The monoisotopic (exact) mass is 228 g/mol. The molecule has 4 heteroatoms. The van der Waals surface area contributed by atoms with Crippen molar-refractivity contribution < 1.29 is 0 Å². The second-order valence-electron chi connectivity index (χ2n) is 4.70. The molecule has 0 aliphatic heterocycles. The lowest BCUT2D eigenvalue weighted by atomic mass is 9.68. The van der Waals surface area contributed by atoms with Gasteiger partial charge in [0.05, 0.1) is 0 Å². The van der Waals surface area contributed by atoms with Gasteiger partial charge in [-0.2, -0.15) is 0 Å². The summed E-state index contributed by atoms with van der Waals surface area (Å²) in [6.07, 6.45) is 5.25. The van der Waals surface area contributed by atoms with E-state index < -0.39 is 0 Å². The van der Waals surface area contributed by atoms with E-state index in [1.165, 1.54) is 6.42 Å². The van der Waals surface area contributed by atoms with Crippen molar-refractivity contribution >= 4 is 0 Å². The molecule has 88 valence electrons. The van der Waals surface area contributed by atoms with Gasteiger partial charge in [-0.1, -0.05) is 24.6 Å². The average Bonchev–Trinajstić information content (AvgIpc) is 2.79. The van der Waals surface area contributed by atoms with Crippen molar-refractivity contribution in [3.63, 3.8) is 0 Å². The summed E-state index contributed by atoms with van der Waals surface area (Å²) in [5.41, 5.74) is 7.08. The van der Waals surface area contributed by atoms with Crippen LogP contribution >= 0.6 is 0 Å². The highest BCUT2D eigenvalue weighted by Gasteiger charge is 2.41. The molecule has 1 aromatic carbocycles. The van der Waals surface area contributed by atoms with Crippen LogP contribution in [0.25, 0.3) is 5.69 Å². The van der Waals surface area contributed by atoms with Gasteiger partial charge in [0.1, 0.15) is 12.2 Å². The first-order valence-electron chi connectivity index (χ1n) is 6.02. The van der Waals surface area contributed by atoms with Gasteiger partial charge in [0.2, 0.25) is 0 Å². The SMILES string of the molecule is NCC1(c2nncn2-c2ccccc2)CCC1. The molecule has 3 rings (SSSR count). The number of aromatic nitrogens is 3. The Balaban J connectivity index is 2.06. The van der Waals surface area contributed by atoms with Crippen LogP contribution in [0.1, 0.15) is 25.1 Å². The Labute approximate surface area is 100 Å². The lowest BCUT2D eigenvalue weighted by Crippen LogP contribution is -2.43. The third-order valence-electron chi connectivity index (χ3n) is 3.76. The number of hydrogen-bond acceptors (Lipinski definition) is 3. The van der Waals surface area contributed by atoms with E-state index in [-0.39, 0.29) is 5.41 Å². The van der Waals surface area contributed by atoms with E-state index in [1.54, 1.807) is 6.33 Å². The van der Waals surface area contributed by atoms with Crippen molar-refractivity contribution in [2.24, 2.45) is 5.73 Å². The maximum absolute atomic E-state index is 5.93. The van der Waals surface area contributed by atoms with Crippen LogP contribution in [0.15, 0.2) is 36.7 Å². The summed E-state index contributed by atoms with van der Waals surface area (Å²) >= 11 is 0. The number of rotatable bonds is 3. The van der Waals surface area contributed by atoms with Crippen LogP contribution in [0.5, 0.6) is 0 Å². The molecule has 1 aliphatic rings. The summed E-state index contributed by atoms with van der Waals surface area (Å²) in [7, 11) is 0. The molecule has 0 radical (unpaired) electrons. The van der Waals surface area contributed by atoms with E-state index in [1.807, 2.05) is 18.2 Å². The van der Waals surface area contributed by atoms with Crippen LogP contribution in [0.2, 0.25) is 0 Å². The predicted molar refractivity (Wildman–Crippen MR) is 65.9 cm³/mol. The highest BCUT2D eigenvalue weighted by atomic mass is 15.3. The minimum atomic E-state index is 0.0480. The zero-order valence-corrected chi connectivity index (χ0v) is 9.71. The molecule has 1 saturated carbocycles. The second kappa shape index (κ2) is 3.96.